The quantitative estimate of drug-likeness (QED) is 0.724. The van der Waals surface area contributed by atoms with E-state index in [-0.39, 0.29) is 11.8 Å². The zero-order valence-electron chi connectivity index (χ0n) is 13.9. The number of benzene rings is 3. The van der Waals surface area contributed by atoms with Gasteiger partial charge in [-0.2, -0.15) is 0 Å². The molecular weight excluding hydrogens is 331 g/mol. The fourth-order valence-electron chi connectivity index (χ4n) is 2.43. The normalized spacial score (nSPS) is 10.2. The van der Waals surface area contributed by atoms with E-state index in [0.29, 0.717) is 23.4 Å². The van der Waals surface area contributed by atoms with E-state index in [4.69, 9.17) is 0 Å². The van der Waals surface area contributed by atoms with Gasteiger partial charge in [-0.05, 0) is 54.1 Å². The van der Waals surface area contributed by atoms with Crippen molar-refractivity contribution in [2.75, 3.05) is 10.6 Å². The van der Waals surface area contributed by atoms with E-state index in [1.165, 1.54) is 24.3 Å². The molecule has 3 aromatic carbocycles. The van der Waals surface area contributed by atoms with Crippen LogP contribution in [0.25, 0.3) is 0 Å². The summed E-state index contributed by atoms with van der Waals surface area (Å²) in [4.78, 5) is 24.1. The molecule has 0 aliphatic rings. The van der Waals surface area contributed by atoms with Crippen LogP contribution in [0, 0.1) is 5.82 Å². The number of carbonyl (C=O) groups is 2. The van der Waals surface area contributed by atoms with Gasteiger partial charge in [0.1, 0.15) is 5.82 Å². The third-order valence-corrected chi connectivity index (χ3v) is 3.74. The molecule has 0 aliphatic heterocycles. The van der Waals surface area contributed by atoms with Crippen LogP contribution in [-0.2, 0) is 11.2 Å². The highest BCUT2D eigenvalue weighted by Crippen LogP contribution is 2.15. The monoisotopic (exact) mass is 348 g/mol. The maximum absolute atomic E-state index is 12.9. The van der Waals surface area contributed by atoms with Gasteiger partial charge in [0.25, 0.3) is 5.91 Å². The van der Waals surface area contributed by atoms with Crippen LogP contribution in [-0.4, -0.2) is 11.8 Å². The fraction of sp³-hybridized carbons (Fsp3) is 0.0476. The molecule has 0 bridgehead atoms. The summed E-state index contributed by atoms with van der Waals surface area (Å²) in [6.45, 7) is 0. The first kappa shape index (κ1) is 17.4. The van der Waals surface area contributed by atoms with Gasteiger partial charge in [0.2, 0.25) is 5.91 Å². The third kappa shape index (κ3) is 4.77. The number of amides is 2. The zero-order valence-corrected chi connectivity index (χ0v) is 13.9. The Bertz CT molecular complexity index is 892. The zero-order chi connectivity index (χ0) is 18.4. The number of hydrogen-bond acceptors (Lipinski definition) is 2. The van der Waals surface area contributed by atoms with Crippen molar-refractivity contribution in [3.63, 3.8) is 0 Å². The second kappa shape index (κ2) is 8.07. The molecule has 0 atom stereocenters. The van der Waals surface area contributed by atoms with Gasteiger partial charge in [0.15, 0.2) is 0 Å². The first-order valence-electron chi connectivity index (χ1n) is 8.11. The van der Waals surface area contributed by atoms with E-state index in [2.05, 4.69) is 10.6 Å². The SMILES string of the molecule is O=C(Cc1ccccc1)Nc1ccc(NC(=O)c2ccc(F)cc2)cc1. The molecule has 0 radical (unpaired) electrons. The molecule has 26 heavy (non-hydrogen) atoms. The van der Waals surface area contributed by atoms with Crippen LogP contribution >= 0.6 is 0 Å². The Morgan fingerprint density at radius 3 is 1.92 bits per heavy atom. The van der Waals surface area contributed by atoms with Crippen LogP contribution in [0.5, 0.6) is 0 Å². The summed E-state index contributed by atoms with van der Waals surface area (Å²) in [6.07, 6.45) is 0.296. The van der Waals surface area contributed by atoms with Crippen LogP contribution in [0.15, 0.2) is 78.9 Å². The fourth-order valence-corrected chi connectivity index (χ4v) is 2.43. The number of hydrogen-bond donors (Lipinski definition) is 2. The molecule has 0 aromatic heterocycles. The molecule has 0 saturated carbocycles. The Labute approximate surface area is 150 Å². The third-order valence-electron chi connectivity index (χ3n) is 3.74. The maximum atomic E-state index is 12.9. The predicted molar refractivity (Wildman–Crippen MR) is 99.6 cm³/mol. The van der Waals surface area contributed by atoms with E-state index in [1.54, 1.807) is 24.3 Å². The van der Waals surface area contributed by atoms with E-state index >= 15 is 0 Å². The smallest absolute Gasteiger partial charge is 0.255 e. The van der Waals surface area contributed by atoms with Crippen LogP contribution in [0.1, 0.15) is 15.9 Å². The minimum absolute atomic E-state index is 0.112. The van der Waals surface area contributed by atoms with E-state index < -0.39 is 5.82 Å². The van der Waals surface area contributed by atoms with Crippen LogP contribution in [0.4, 0.5) is 15.8 Å². The summed E-state index contributed by atoms with van der Waals surface area (Å²) < 4.78 is 12.9. The molecule has 0 saturated heterocycles. The summed E-state index contributed by atoms with van der Waals surface area (Å²) in [5.41, 5.74) is 2.53. The first-order valence-corrected chi connectivity index (χ1v) is 8.11. The number of halogens is 1. The molecule has 3 rings (SSSR count). The summed E-state index contributed by atoms with van der Waals surface area (Å²) in [7, 11) is 0. The van der Waals surface area contributed by atoms with Gasteiger partial charge in [0, 0.05) is 16.9 Å². The topological polar surface area (TPSA) is 58.2 Å². The maximum Gasteiger partial charge on any atom is 0.255 e. The van der Waals surface area contributed by atoms with Crippen molar-refractivity contribution in [1.29, 1.82) is 0 Å². The molecule has 2 N–H and O–H groups in total. The average molecular weight is 348 g/mol. The van der Waals surface area contributed by atoms with Gasteiger partial charge in [0.05, 0.1) is 6.42 Å². The van der Waals surface area contributed by atoms with Gasteiger partial charge in [-0.1, -0.05) is 30.3 Å². The molecule has 130 valence electrons. The summed E-state index contributed by atoms with van der Waals surface area (Å²) in [5.74, 6) is -0.831. The highest BCUT2D eigenvalue weighted by Gasteiger charge is 2.07. The first-order chi connectivity index (χ1) is 12.6. The van der Waals surface area contributed by atoms with Gasteiger partial charge >= 0.3 is 0 Å². The van der Waals surface area contributed by atoms with Gasteiger partial charge in [-0.15, -0.1) is 0 Å². The van der Waals surface area contributed by atoms with Crippen molar-refractivity contribution in [2.24, 2.45) is 0 Å². The molecule has 0 heterocycles. The Morgan fingerprint density at radius 2 is 1.31 bits per heavy atom. The van der Waals surface area contributed by atoms with Crippen molar-refractivity contribution >= 4 is 23.2 Å². The predicted octanol–water partition coefficient (Wildman–Crippen LogP) is 4.26. The van der Waals surface area contributed by atoms with Crippen LogP contribution in [0.3, 0.4) is 0 Å². The highest BCUT2D eigenvalue weighted by atomic mass is 19.1. The minimum Gasteiger partial charge on any atom is -0.326 e. The molecule has 0 unspecified atom stereocenters. The molecule has 4 nitrogen and oxygen atoms in total. The molecular formula is C21H17FN2O2. The number of carbonyl (C=O) groups excluding carboxylic acids is 2. The van der Waals surface area contributed by atoms with Crippen LogP contribution in [0.2, 0.25) is 0 Å². The van der Waals surface area contributed by atoms with Crippen molar-refractivity contribution in [3.8, 4) is 0 Å². The van der Waals surface area contributed by atoms with Gasteiger partial charge in [-0.3, -0.25) is 9.59 Å². The molecule has 0 aliphatic carbocycles. The summed E-state index contributed by atoms with van der Waals surface area (Å²) in [6, 6.07) is 21.6. The second-order valence-corrected chi connectivity index (χ2v) is 5.75. The lowest BCUT2D eigenvalue weighted by Crippen LogP contribution is -2.14. The lowest BCUT2D eigenvalue weighted by molar-refractivity contribution is -0.115. The average Bonchev–Trinajstić information content (AvgIpc) is 2.64. The lowest BCUT2D eigenvalue weighted by Gasteiger charge is -2.08. The lowest BCUT2D eigenvalue weighted by atomic mass is 10.1. The Hall–Kier alpha value is -3.47. The van der Waals surface area contributed by atoms with Gasteiger partial charge in [-0.25, -0.2) is 4.39 Å². The van der Waals surface area contributed by atoms with E-state index in [1.807, 2.05) is 30.3 Å². The summed E-state index contributed by atoms with van der Waals surface area (Å²) in [5, 5.41) is 5.54. The minimum atomic E-state index is -0.392. The second-order valence-electron chi connectivity index (χ2n) is 5.75. The Balaban J connectivity index is 1.57. The highest BCUT2D eigenvalue weighted by molar-refractivity contribution is 6.04. The summed E-state index contributed by atoms with van der Waals surface area (Å²) >= 11 is 0. The molecule has 0 fully saturated rings. The molecule has 3 aromatic rings. The number of anilines is 2. The molecule has 5 heteroatoms. The van der Waals surface area contributed by atoms with Crippen molar-refractivity contribution < 1.29 is 14.0 Å². The Morgan fingerprint density at radius 1 is 0.731 bits per heavy atom. The van der Waals surface area contributed by atoms with Crippen molar-refractivity contribution in [3.05, 3.63) is 95.8 Å². The number of rotatable bonds is 5. The standard InChI is InChI=1S/C21H17FN2O2/c22-17-8-6-16(7-9-17)21(26)24-19-12-10-18(11-13-19)23-20(25)14-15-4-2-1-3-5-15/h1-13H,14H2,(H,23,25)(H,24,26). The van der Waals surface area contributed by atoms with Crippen LogP contribution < -0.4 is 10.6 Å². The number of nitrogens with one attached hydrogen (secondary N) is 2. The van der Waals surface area contributed by atoms with Gasteiger partial charge < -0.3 is 10.6 Å². The van der Waals surface area contributed by atoms with E-state index in [0.717, 1.165) is 5.56 Å². The van der Waals surface area contributed by atoms with E-state index in [9.17, 15) is 14.0 Å². The Kier molecular flexibility index (Phi) is 5.39. The van der Waals surface area contributed by atoms with Crippen molar-refractivity contribution in [2.45, 2.75) is 6.42 Å². The molecule has 0 spiro atoms. The molecule has 2 amide bonds. The largest absolute Gasteiger partial charge is 0.326 e. The van der Waals surface area contributed by atoms with Crippen molar-refractivity contribution in [1.82, 2.24) is 0 Å².